The lowest BCUT2D eigenvalue weighted by Gasteiger charge is -2.07. The molecular weight excluding hydrogens is 349 g/mol. The van der Waals surface area contributed by atoms with Gasteiger partial charge in [-0.1, -0.05) is 23.2 Å². The third kappa shape index (κ3) is 2.55. The van der Waals surface area contributed by atoms with Crippen LogP contribution >= 0.6 is 23.2 Å². The molecule has 24 heavy (non-hydrogen) atoms. The molecule has 0 spiro atoms. The zero-order valence-electron chi connectivity index (χ0n) is 12.1. The van der Waals surface area contributed by atoms with Crippen LogP contribution in [0.3, 0.4) is 0 Å². The smallest absolute Gasteiger partial charge is 0.259 e. The van der Waals surface area contributed by atoms with Crippen molar-refractivity contribution in [3.05, 3.63) is 69.5 Å². The largest absolute Gasteiger partial charge is 0.306 e. The minimum absolute atomic E-state index is 0.261. The Hall–Kier alpha value is -2.70. The maximum Gasteiger partial charge on any atom is 0.259 e. The maximum atomic E-state index is 12.5. The highest BCUT2D eigenvalue weighted by Crippen LogP contribution is 2.28. The fourth-order valence-electron chi connectivity index (χ4n) is 2.42. The molecule has 0 saturated carbocycles. The molecule has 0 atom stereocenters. The summed E-state index contributed by atoms with van der Waals surface area (Å²) in [4.78, 5) is 23.6. The SMILES string of the molecule is O=c1[nH]c(-c2ccc(Cl)cc2Cl)nc2ccc(-n3cncn3)cc12. The van der Waals surface area contributed by atoms with Crippen LogP contribution in [0, 0.1) is 0 Å². The molecule has 0 saturated heterocycles. The second-order valence-corrected chi connectivity index (χ2v) is 5.92. The third-order valence-corrected chi connectivity index (χ3v) is 4.11. The highest BCUT2D eigenvalue weighted by molar-refractivity contribution is 6.36. The first kappa shape index (κ1) is 14.9. The second kappa shape index (κ2) is 5.74. The lowest BCUT2D eigenvalue weighted by molar-refractivity contribution is 0.880. The van der Waals surface area contributed by atoms with E-state index in [1.54, 1.807) is 41.3 Å². The molecule has 0 unspecified atom stereocenters. The first-order valence-corrected chi connectivity index (χ1v) is 7.72. The van der Waals surface area contributed by atoms with E-state index in [1.807, 2.05) is 6.07 Å². The van der Waals surface area contributed by atoms with Crippen molar-refractivity contribution < 1.29 is 0 Å². The van der Waals surface area contributed by atoms with Gasteiger partial charge in [0.2, 0.25) is 0 Å². The monoisotopic (exact) mass is 357 g/mol. The molecule has 0 amide bonds. The summed E-state index contributed by atoms with van der Waals surface area (Å²) in [5, 5.41) is 5.44. The van der Waals surface area contributed by atoms with Gasteiger partial charge in [-0.3, -0.25) is 4.79 Å². The number of rotatable bonds is 2. The van der Waals surface area contributed by atoms with Crippen LogP contribution in [0.2, 0.25) is 10.0 Å². The summed E-state index contributed by atoms with van der Waals surface area (Å²) < 4.78 is 1.57. The van der Waals surface area contributed by atoms with Gasteiger partial charge in [-0.05, 0) is 36.4 Å². The number of nitrogens with one attached hydrogen (secondary N) is 1. The van der Waals surface area contributed by atoms with Gasteiger partial charge in [-0.15, -0.1) is 0 Å². The van der Waals surface area contributed by atoms with E-state index in [9.17, 15) is 4.79 Å². The summed E-state index contributed by atoms with van der Waals surface area (Å²) in [6, 6.07) is 10.3. The summed E-state index contributed by atoms with van der Waals surface area (Å²) in [5.74, 6) is 0.391. The van der Waals surface area contributed by atoms with Crippen LogP contribution in [0.15, 0.2) is 53.8 Å². The third-order valence-electron chi connectivity index (χ3n) is 3.56. The molecule has 2 aromatic heterocycles. The first-order valence-electron chi connectivity index (χ1n) is 6.96. The van der Waals surface area contributed by atoms with E-state index in [4.69, 9.17) is 23.2 Å². The number of hydrogen-bond acceptors (Lipinski definition) is 4. The summed E-state index contributed by atoms with van der Waals surface area (Å²) in [5.41, 5.74) is 1.64. The molecule has 0 aliphatic rings. The van der Waals surface area contributed by atoms with Crippen LogP contribution in [-0.2, 0) is 0 Å². The van der Waals surface area contributed by atoms with Crippen molar-refractivity contribution in [3.8, 4) is 17.1 Å². The predicted molar refractivity (Wildman–Crippen MR) is 92.7 cm³/mol. The molecule has 0 aliphatic carbocycles. The van der Waals surface area contributed by atoms with E-state index in [1.165, 1.54) is 6.33 Å². The molecule has 1 N–H and O–H groups in total. The normalized spacial score (nSPS) is 11.1. The van der Waals surface area contributed by atoms with Gasteiger partial charge in [0.05, 0.1) is 21.6 Å². The van der Waals surface area contributed by atoms with Gasteiger partial charge < -0.3 is 4.98 Å². The van der Waals surface area contributed by atoms with Gasteiger partial charge in [0, 0.05) is 10.6 Å². The molecule has 118 valence electrons. The van der Waals surface area contributed by atoms with Crippen molar-refractivity contribution in [2.75, 3.05) is 0 Å². The molecule has 0 fully saturated rings. The average Bonchev–Trinajstić information content (AvgIpc) is 3.09. The Balaban J connectivity index is 1.89. The number of fused-ring (bicyclic) bond motifs is 1. The minimum atomic E-state index is -0.261. The zero-order chi connectivity index (χ0) is 16.7. The number of benzene rings is 2. The highest BCUT2D eigenvalue weighted by atomic mass is 35.5. The van der Waals surface area contributed by atoms with Crippen LogP contribution in [0.5, 0.6) is 0 Å². The van der Waals surface area contributed by atoms with Crippen molar-refractivity contribution in [1.29, 1.82) is 0 Å². The molecule has 8 heteroatoms. The predicted octanol–water partition coefficient (Wildman–Crippen LogP) is 3.48. The standard InChI is InChI=1S/C16H9Cl2N5O/c17-9-1-3-11(13(18)5-9)15-21-14-4-2-10(23-8-19-7-20-23)6-12(14)16(24)22-15/h1-8H,(H,21,22,24). The average molecular weight is 358 g/mol. The number of aromatic amines is 1. The van der Waals surface area contributed by atoms with E-state index in [0.29, 0.717) is 32.3 Å². The van der Waals surface area contributed by atoms with Crippen molar-refractivity contribution >= 4 is 34.1 Å². The van der Waals surface area contributed by atoms with Gasteiger partial charge in [0.15, 0.2) is 0 Å². The van der Waals surface area contributed by atoms with Gasteiger partial charge >= 0.3 is 0 Å². The highest BCUT2D eigenvalue weighted by Gasteiger charge is 2.11. The zero-order valence-corrected chi connectivity index (χ0v) is 13.6. The second-order valence-electron chi connectivity index (χ2n) is 5.08. The Kier molecular flexibility index (Phi) is 3.55. The van der Waals surface area contributed by atoms with Crippen molar-refractivity contribution in [2.45, 2.75) is 0 Å². The first-order chi connectivity index (χ1) is 11.6. The van der Waals surface area contributed by atoms with Gasteiger partial charge in [0.25, 0.3) is 5.56 Å². The molecule has 0 bridgehead atoms. The minimum Gasteiger partial charge on any atom is -0.306 e. The van der Waals surface area contributed by atoms with Crippen molar-refractivity contribution in [1.82, 2.24) is 24.7 Å². The van der Waals surface area contributed by atoms with Gasteiger partial charge in [0.1, 0.15) is 18.5 Å². The Bertz CT molecular complexity index is 1110. The molecule has 6 nitrogen and oxygen atoms in total. The van der Waals surface area contributed by atoms with E-state index in [2.05, 4.69) is 20.1 Å². The van der Waals surface area contributed by atoms with Crippen LogP contribution in [0.4, 0.5) is 0 Å². The molecular formula is C16H9Cl2N5O. The van der Waals surface area contributed by atoms with Crippen LogP contribution in [-0.4, -0.2) is 24.7 Å². The maximum absolute atomic E-state index is 12.5. The molecule has 4 aromatic rings. The fourth-order valence-corrected chi connectivity index (χ4v) is 2.92. The van der Waals surface area contributed by atoms with E-state index in [-0.39, 0.29) is 5.56 Å². The molecule has 2 aromatic carbocycles. The van der Waals surface area contributed by atoms with Gasteiger partial charge in [-0.2, -0.15) is 5.10 Å². The van der Waals surface area contributed by atoms with E-state index < -0.39 is 0 Å². The Morgan fingerprint density at radius 1 is 1.08 bits per heavy atom. The lowest BCUT2D eigenvalue weighted by Crippen LogP contribution is -2.10. The van der Waals surface area contributed by atoms with Gasteiger partial charge in [-0.25, -0.2) is 14.6 Å². The molecule has 4 rings (SSSR count). The van der Waals surface area contributed by atoms with E-state index in [0.717, 1.165) is 5.69 Å². The molecule has 2 heterocycles. The van der Waals surface area contributed by atoms with Crippen LogP contribution < -0.4 is 5.56 Å². The summed E-state index contributed by atoms with van der Waals surface area (Å²) in [6.45, 7) is 0. The lowest BCUT2D eigenvalue weighted by atomic mass is 10.2. The number of hydrogen-bond donors (Lipinski definition) is 1. The van der Waals surface area contributed by atoms with E-state index >= 15 is 0 Å². The van der Waals surface area contributed by atoms with Crippen LogP contribution in [0.25, 0.3) is 28.0 Å². The fraction of sp³-hybridized carbons (Fsp3) is 0. The molecule has 0 radical (unpaired) electrons. The topological polar surface area (TPSA) is 76.5 Å². The number of H-pyrrole nitrogens is 1. The summed E-state index contributed by atoms with van der Waals surface area (Å²) in [7, 11) is 0. The van der Waals surface area contributed by atoms with Crippen molar-refractivity contribution in [2.24, 2.45) is 0 Å². The number of nitrogens with zero attached hydrogens (tertiary/aromatic N) is 4. The summed E-state index contributed by atoms with van der Waals surface area (Å²) in [6.07, 6.45) is 2.99. The Morgan fingerprint density at radius 2 is 1.96 bits per heavy atom. The number of halogens is 2. The Labute approximate surface area is 145 Å². The van der Waals surface area contributed by atoms with Crippen LogP contribution in [0.1, 0.15) is 0 Å². The number of aromatic nitrogens is 5. The Morgan fingerprint density at radius 3 is 2.71 bits per heavy atom. The summed E-state index contributed by atoms with van der Waals surface area (Å²) >= 11 is 12.1. The molecule has 0 aliphatic heterocycles. The van der Waals surface area contributed by atoms with Crippen molar-refractivity contribution in [3.63, 3.8) is 0 Å². The quantitative estimate of drug-likeness (QED) is 0.595.